The largest absolute Gasteiger partial charge is 0.103 e. The van der Waals surface area contributed by atoms with Crippen LogP contribution in [0.2, 0.25) is 0 Å². The zero-order valence-electron chi connectivity index (χ0n) is 17.9. The molecular weight excluding hydrogens is 380 g/mol. The second-order valence-electron chi connectivity index (χ2n) is 8.19. The second-order valence-corrected chi connectivity index (χ2v) is 8.98. The van der Waals surface area contributed by atoms with E-state index in [1.54, 1.807) is 0 Å². The molecule has 0 unspecified atom stereocenters. The zero-order valence-corrected chi connectivity index (χ0v) is 19.5. The summed E-state index contributed by atoms with van der Waals surface area (Å²) in [5.74, 6) is 0. The van der Waals surface area contributed by atoms with Gasteiger partial charge < -0.3 is 0 Å². The van der Waals surface area contributed by atoms with Crippen molar-refractivity contribution < 1.29 is 0 Å². The average Bonchev–Trinajstić information content (AvgIpc) is 2.66. The van der Waals surface area contributed by atoms with E-state index in [-0.39, 0.29) is 0 Å². The minimum absolute atomic E-state index is 1.18. The Kier molecular flexibility index (Phi) is 25.4. The van der Waals surface area contributed by atoms with E-state index in [0.717, 1.165) is 0 Å². The van der Waals surface area contributed by atoms with Crippen LogP contribution in [0.1, 0.15) is 141 Å². The van der Waals surface area contributed by atoms with Gasteiger partial charge in [-0.25, -0.2) is 0 Å². The first-order valence-corrected chi connectivity index (χ1v) is 13.2. The third-order valence-corrected chi connectivity index (χ3v) is 6.10. The molecule has 0 nitrogen and oxygen atoms in total. The van der Waals surface area contributed by atoms with Crippen molar-refractivity contribution in [1.29, 1.82) is 0 Å². The van der Waals surface area contributed by atoms with Gasteiger partial charge in [-0.1, -0.05) is 144 Å². The molecule has 0 fully saturated rings. The van der Waals surface area contributed by atoms with Gasteiger partial charge in [0.05, 0.1) is 0 Å². The van der Waals surface area contributed by atoms with Crippen molar-refractivity contribution in [2.24, 2.45) is 0 Å². The van der Waals surface area contributed by atoms with Gasteiger partial charge in [0.25, 0.3) is 0 Å². The highest BCUT2D eigenvalue weighted by molar-refractivity contribution is 9.09. The highest BCUT2D eigenvalue weighted by Gasteiger charge is 1.95. The van der Waals surface area contributed by atoms with Gasteiger partial charge in [-0.3, -0.25) is 0 Å². The van der Waals surface area contributed by atoms with Crippen molar-refractivity contribution in [3.05, 3.63) is 12.7 Å². The smallest absolute Gasteiger partial charge is 0.00313 e. The number of allylic oxidation sites excluding steroid dienone is 1. The maximum absolute atomic E-state index is 3.78. The molecule has 156 valence electrons. The first-order chi connectivity index (χ1) is 12.9. The van der Waals surface area contributed by atoms with E-state index in [1.807, 2.05) is 0 Å². The van der Waals surface area contributed by atoms with Crippen LogP contribution in [0.3, 0.4) is 0 Å². The number of unbranched alkanes of at least 4 members (excludes halogenated alkanes) is 21. The minimum Gasteiger partial charge on any atom is -0.103 e. The standard InChI is InChI=1S/C25H49Br/c1-2-3-4-5-6-7-8-9-10-11-12-13-14-15-16-17-18-19-20-21-22-23-24-25-26/h2H,1,3-25H2. The van der Waals surface area contributed by atoms with Crippen LogP contribution in [0.4, 0.5) is 0 Å². The first kappa shape index (κ1) is 26.2. The van der Waals surface area contributed by atoms with Crippen LogP contribution in [-0.2, 0) is 0 Å². The van der Waals surface area contributed by atoms with Crippen molar-refractivity contribution in [1.82, 2.24) is 0 Å². The van der Waals surface area contributed by atoms with Gasteiger partial charge in [0.2, 0.25) is 0 Å². The van der Waals surface area contributed by atoms with E-state index in [2.05, 4.69) is 28.6 Å². The van der Waals surface area contributed by atoms with Crippen LogP contribution < -0.4 is 0 Å². The van der Waals surface area contributed by atoms with Crippen LogP contribution in [-0.4, -0.2) is 5.33 Å². The SMILES string of the molecule is C=CCCCCCCCCCCCCCCCCCCCCCCCBr. The van der Waals surface area contributed by atoms with Crippen LogP contribution in [0.5, 0.6) is 0 Å². The van der Waals surface area contributed by atoms with E-state index < -0.39 is 0 Å². The highest BCUT2D eigenvalue weighted by Crippen LogP contribution is 2.15. The monoisotopic (exact) mass is 428 g/mol. The fraction of sp³-hybridized carbons (Fsp3) is 0.920. The summed E-state index contributed by atoms with van der Waals surface area (Å²) >= 11 is 3.51. The molecule has 0 aliphatic carbocycles. The topological polar surface area (TPSA) is 0 Å². The van der Waals surface area contributed by atoms with Crippen LogP contribution >= 0.6 is 15.9 Å². The second kappa shape index (κ2) is 25.2. The first-order valence-electron chi connectivity index (χ1n) is 12.1. The Morgan fingerprint density at radius 1 is 0.385 bits per heavy atom. The Morgan fingerprint density at radius 3 is 0.846 bits per heavy atom. The summed E-state index contributed by atoms with van der Waals surface area (Å²) in [5, 5.41) is 1.18. The molecule has 26 heavy (non-hydrogen) atoms. The van der Waals surface area contributed by atoms with Gasteiger partial charge in [0.15, 0.2) is 0 Å². The molecule has 0 N–H and O–H groups in total. The lowest BCUT2D eigenvalue weighted by Crippen LogP contribution is -1.84. The molecular formula is C25H49Br. The quantitative estimate of drug-likeness (QED) is 0.0861. The molecule has 0 radical (unpaired) electrons. The fourth-order valence-corrected chi connectivity index (χ4v) is 4.14. The maximum Gasteiger partial charge on any atom is 0.00313 e. The molecule has 0 aromatic rings. The van der Waals surface area contributed by atoms with Gasteiger partial charge in [-0.2, -0.15) is 0 Å². The summed E-state index contributed by atoms with van der Waals surface area (Å²) in [6, 6.07) is 0. The number of rotatable bonds is 23. The van der Waals surface area contributed by atoms with Crippen molar-refractivity contribution >= 4 is 15.9 Å². The molecule has 0 heterocycles. The van der Waals surface area contributed by atoms with E-state index in [1.165, 1.54) is 147 Å². The predicted octanol–water partition coefficient (Wildman–Crippen LogP) is 10.1. The molecule has 0 saturated heterocycles. The van der Waals surface area contributed by atoms with E-state index in [0.29, 0.717) is 0 Å². The normalized spacial score (nSPS) is 11.1. The molecule has 0 amide bonds. The Morgan fingerprint density at radius 2 is 0.615 bits per heavy atom. The fourth-order valence-electron chi connectivity index (χ4n) is 3.74. The lowest BCUT2D eigenvalue weighted by Gasteiger charge is -2.04. The van der Waals surface area contributed by atoms with Crippen LogP contribution in [0.15, 0.2) is 12.7 Å². The van der Waals surface area contributed by atoms with Crippen molar-refractivity contribution in [2.45, 2.75) is 141 Å². The van der Waals surface area contributed by atoms with Gasteiger partial charge in [-0.05, 0) is 19.3 Å². The predicted molar refractivity (Wildman–Crippen MR) is 126 cm³/mol. The number of alkyl halides is 1. The number of hydrogen-bond acceptors (Lipinski definition) is 0. The molecule has 0 aliphatic rings. The van der Waals surface area contributed by atoms with E-state index in [9.17, 15) is 0 Å². The Bertz CT molecular complexity index is 249. The summed E-state index contributed by atoms with van der Waals surface area (Å²) < 4.78 is 0. The van der Waals surface area contributed by atoms with E-state index in [4.69, 9.17) is 0 Å². The van der Waals surface area contributed by atoms with Crippen LogP contribution in [0.25, 0.3) is 0 Å². The molecule has 0 rings (SSSR count). The van der Waals surface area contributed by atoms with Crippen molar-refractivity contribution in [3.8, 4) is 0 Å². The highest BCUT2D eigenvalue weighted by atomic mass is 79.9. The Labute approximate surface area is 175 Å². The van der Waals surface area contributed by atoms with Crippen molar-refractivity contribution in [2.75, 3.05) is 5.33 Å². The third kappa shape index (κ3) is 24.2. The number of hydrogen-bond donors (Lipinski definition) is 0. The molecule has 0 bridgehead atoms. The minimum atomic E-state index is 1.18. The summed E-state index contributed by atoms with van der Waals surface area (Å²) in [6.07, 6.45) is 33.8. The summed E-state index contributed by atoms with van der Waals surface area (Å²) in [4.78, 5) is 0. The van der Waals surface area contributed by atoms with Crippen LogP contribution in [0, 0.1) is 0 Å². The molecule has 0 aliphatic heterocycles. The molecule has 0 saturated carbocycles. The summed E-state index contributed by atoms with van der Waals surface area (Å²) in [6.45, 7) is 3.78. The summed E-state index contributed by atoms with van der Waals surface area (Å²) in [5.41, 5.74) is 0. The zero-order chi connectivity index (χ0) is 19.0. The molecule has 0 spiro atoms. The van der Waals surface area contributed by atoms with E-state index >= 15 is 0 Å². The molecule has 0 atom stereocenters. The molecule has 0 aromatic carbocycles. The van der Waals surface area contributed by atoms with Gasteiger partial charge in [0.1, 0.15) is 0 Å². The number of halogens is 1. The molecule has 0 aromatic heterocycles. The molecule has 1 heteroatoms. The van der Waals surface area contributed by atoms with Gasteiger partial charge >= 0.3 is 0 Å². The lowest BCUT2D eigenvalue weighted by molar-refractivity contribution is 0.521. The van der Waals surface area contributed by atoms with Crippen molar-refractivity contribution in [3.63, 3.8) is 0 Å². The summed E-state index contributed by atoms with van der Waals surface area (Å²) in [7, 11) is 0. The Hall–Kier alpha value is 0.220. The van der Waals surface area contributed by atoms with Gasteiger partial charge in [-0.15, -0.1) is 6.58 Å². The third-order valence-electron chi connectivity index (χ3n) is 5.54. The van der Waals surface area contributed by atoms with Gasteiger partial charge in [0, 0.05) is 5.33 Å². The lowest BCUT2D eigenvalue weighted by atomic mass is 10.0. The maximum atomic E-state index is 3.78. The Balaban J connectivity index is 2.96. The average molecular weight is 430 g/mol.